The molecule has 0 saturated carbocycles. The van der Waals surface area contributed by atoms with Crippen LogP contribution in [0.5, 0.6) is 0 Å². The first-order chi connectivity index (χ1) is 9.21. The Bertz CT molecular complexity index is 628. The molecule has 1 aliphatic carbocycles. The highest BCUT2D eigenvalue weighted by molar-refractivity contribution is 9.11. The Labute approximate surface area is 128 Å². The van der Waals surface area contributed by atoms with Crippen LogP contribution in [0.4, 0.5) is 40.8 Å². The highest BCUT2D eigenvalue weighted by Crippen LogP contribution is 2.66. The monoisotopic (exact) mass is 447 g/mol. The van der Waals surface area contributed by atoms with Gasteiger partial charge in [-0.05, 0) is 37.9 Å². The van der Waals surface area contributed by atoms with Gasteiger partial charge in [-0.1, -0.05) is 0 Å². The van der Waals surface area contributed by atoms with Crippen LogP contribution in [0.25, 0.3) is 0 Å². The smallest absolute Gasteiger partial charge is 0.383 e. The maximum absolute atomic E-state index is 13.7. The average Bonchev–Trinajstić information content (AvgIpc) is 2.32. The topological polar surface area (TPSA) is 26.0 Å². The van der Waals surface area contributed by atoms with Crippen LogP contribution in [0.1, 0.15) is 11.1 Å². The van der Waals surface area contributed by atoms with E-state index in [-0.39, 0.29) is 6.07 Å². The molecule has 0 unspecified atom stereocenters. The molecule has 0 atom stereocenters. The number of benzene rings is 1. The SMILES string of the molecule is Nc1c(Br)cc2c(c1Br)C(F)(F)C(F)(F)C(F)(F)C2(F)F. The maximum atomic E-state index is 13.7. The Balaban J connectivity index is 3.02. The molecule has 0 heterocycles. The van der Waals surface area contributed by atoms with Crippen molar-refractivity contribution < 1.29 is 35.1 Å². The molecule has 11 heteroatoms. The van der Waals surface area contributed by atoms with Crippen LogP contribution in [0.2, 0.25) is 0 Å². The van der Waals surface area contributed by atoms with Crippen LogP contribution in [-0.2, 0) is 11.8 Å². The second-order valence-electron chi connectivity index (χ2n) is 4.31. The Morgan fingerprint density at radius 1 is 0.810 bits per heavy atom. The molecule has 118 valence electrons. The van der Waals surface area contributed by atoms with Gasteiger partial charge in [-0.2, -0.15) is 35.1 Å². The Hall–Kier alpha value is -0.580. The van der Waals surface area contributed by atoms with E-state index >= 15 is 0 Å². The average molecular weight is 449 g/mol. The van der Waals surface area contributed by atoms with Crippen molar-refractivity contribution >= 4 is 37.5 Å². The van der Waals surface area contributed by atoms with Gasteiger partial charge in [0, 0.05) is 10.0 Å². The summed E-state index contributed by atoms with van der Waals surface area (Å²) in [6.07, 6.45) is 0. The zero-order valence-electron chi connectivity index (χ0n) is 9.43. The molecule has 0 spiro atoms. The number of fused-ring (bicyclic) bond motifs is 1. The molecule has 0 aliphatic heterocycles. The highest BCUT2D eigenvalue weighted by Gasteiger charge is 2.85. The van der Waals surface area contributed by atoms with Gasteiger partial charge in [0.15, 0.2) is 0 Å². The van der Waals surface area contributed by atoms with Crippen molar-refractivity contribution in [3.63, 3.8) is 0 Å². The van der Waals surface area contributed by atoms with Crippen LogP contribution in [0.3, 0.4) is 0 Å². The van der Waals surface area contributed by atoms with E-state index in [9.17, 15) is 35.1 Å². The third-order valence-corrected chi connectivity index (χ3v) is 4.57. The molecule has 0 fully saturated rings. The van der Waals surface area contributed by atoms with Crippen molar-refractivity contribution in [2.75, 3.05) is 5.73 Å². The number of anilines is 1. The summed E-state index contributed by atoms with van der Waals surface area (Å²) in [5, 5.41) is 0. The third kappa shape index (κ3) is 1.73. The number of alkyl halides is 8. The van der Waals surface area contributed by atoms with Crippen molar-refractivity contribution in [2.45, 2.75) is 23.7 Å². The largest absolute Gasteiger partial charge is 0.397 e. The third-order valence-electron chi connectivity index (χ3n) is 3.09. The van der Waals surface area contributed by atoms with Crippen molar-refractivity contribution in [2.24, 2.45) is 0 Å². The molecule has 0 radical (unpaired) electrons. The first-order valence-corrected chi connectivity index (χ1v) is 6.59. The zero-order valence-corrected chi connectivity index (χ0v) is 12.6. The lowest BCUT2D eigenvalue weighted by Crippen LogP contribution is -2.64. The van der Waals surface area contributed by atoms with Crippen molar-refractivity contribution in [3.8, 4) is 0 Å². The van der Waals surface area contributed by atoms with E-state index in [1.165, 1.54) is 0 Å². The summed E-state index contributed by atoms with van der Waals surface area (Å²) in [4.78, 5) is 0. The fourth-order valence-electron chi connectivity index (χ4n) is 1.91. The number of hydrogen-bond acceptors (Lipinski definition) is 1. The molecule has 1 aliphatic rings. The standard InChI is InChI=1S/C10H3Br2F8N/c11-3-1-2-4(5(12)6(3)21)8(15,16)10(19,20)9(17,18)7(2,13)14/h1H,21H2. The summed E-state index contributed by atoms with van der Waals surface area (Å²) in [5.41, 5.74) is 0.801. The fraction of sp³-hybridized carbons (Fsp3) is 0.400. The minimum atomic E-state index is -6.29. The van der Waals surface area contributed by atoms with Gasteiger partial charge in [-0.15, -0.1) is 0 Å². The van der Waals surface area contributed by atoms with Gasteiger partial charge in [-0.3, -0.25) is 0 Å². The molecule has 21 heavy (non-hydrogen) atoms. The van der Waals surface area contributed by atoms with Crippen LogP contribution in [0.15, 0.2) is 15.0 Å². The van der Waals surface area contributed by atoms with Gasteiger partial charge >= 0.3 is 23.7 Å². The summed E-state index contributed by atoms with van der Waals surface area (Å²) in [6, 6.07) is 0.187. The summed E-state index contributed by atoms with van der Waals surface area (Å²) in [5.74, 6) is -23.6. The van der Waals surface area contributed by atoms with Crippen LogP contribution >= 0.6 is 31.9 Å². The highest BCUT2D eigenvalue weighted by atomic mass is 79.9. The Kier molecular flexibility index (Phi) is 3.39. The first kappa shape index (κ1) is 16.8. The van der Waals surface area contributed by atoms with Gasteiger partial charge in [0.05, 0.1) is 15.7 Å². The quantitative estimate of drug-likeness (QED) is 0.425. The summed E-state index contributed by atoms with van der Waals surface area (Å²) in [7, 11) is 0. The number of halogens is 10. The fourth-order valence-corrected chi connectivity index (χ4v) is 3.28. The predicted molar refractivity (Wildman–Crippen MR) is 63.9 cm³/mol. The molecule has 0 amide bonds. The van der Waals surface area contributed by atoms with Crippen LogP contribution < -0.4 is 5.73 Å². The molecule has 1 aromatic rings. The van der Waals surface area contributed by atoms with Crippen molar-refractivity contribution in [3.05, 3.63) is 26.1 Å². The molecule has 2 rings (SSSR count). The van der Waals surface area contributed by atoms with E-state index in [0.29, 0.717) is 0 Å². The van der Waals surface area contributed by atoms with E-state index in [1.54, 1.807) is 0 Å². The molecular formula is C10H3Br2F8N. The van der Waals surface area contributed by atoms with Crippen LogP contribution in [0, 0.1) is 0 Å². The first-order valence-electron chi connectivity index (χ1n) is 5.01. The summed E-state index contributed by atoms with van der Waals surface area (Å²) < 4.78 is 106. The maximum Gasteiger partial charge on any atom is 0.383 e. The van der Waals surface area contributed by atoms with E-state index in [2.05, 4.69) is 31.9 Å². The molecule has 2 N–H and O–H groups in total. The van der Waals surface area contributed by atoms with Crippen LogP contribution in [-0.4, -0.2) is 11.8 Å². The van der Waals surface area contributed by atoms with Crippen molar-refractivity contribution in [1.82, 2.24) is 0 Å². The number of nitrogens with two attached hydrogens (primary N) is 1. The van der Waals surface area contributed by atoms with Gasteiger partial charge in [0.25, 0.3) is 0 Å². The second kappa shape index (κ2) is 4.24. The zero-order chi connectivity index (χ0) is 16.6. The number of rotatable bonds is 0. The van der Waals surface area contributed by atoms with Gasteiger partial charge in [0.1, 0.15) is 0 Å². The van der Waals surface area contributed by atoms with E-state index in [0.717, 1.165) is 0 Å². The lowest BCUT2D eigenvalue weighted by atomic mass is 9.80. The van der Waals surface area contributed by atoms with Gasteiger partial charge < -0.3 is 5.73 Å². The number of hydrogen-bond donors (Lipinski definition) is 1. The Morgan fingerprint density at radius 3 is 1.71 bits per heavy atom. The summed E-state index contributed by atoms with van der Waals surface area (Å²) in [6.45, 7) is 0. The number of nitrogen functional groups attached to an aromatic ring is 1. The lowest BCUT2D eigenvalue weighted by molar-refractivity contribution is -0.386. The molecular weight excluding hydrogens is 446 g/mol. The van der Waals surface area contributed by atoms with E-state index in [4.69, 9.17) is 5.73 Å². The molecule has 1 aromatic carbocycles. The lowest BCUT2D eigenvalue weighted by Gasteiger charge is -2.43. The molecule has 0 bridgehead atoms. The summed E-state index contributed by atoms with van der Waals surface area (Å²) >= 11 is 5.00. The normalized spacial score (nSPS) is 24.5. The Morgan fingerprint density at radius 2 is 1.24 bits per heavy atom. The van der Waals surface area contributed by atoms with Gasteiger partial charge in [-0.25, -0.2) is 0 Å². The minimum absolute atomic E-state index is 0.187. The molecule has 1 nitrogen and oxygen atoms in total. The second-order valence-corrected chi connectivity index (χ2v) is 5.95. The van der Waals surface area contributed by atoms with Gasteiger partial charge in [0.2, 0.25) is 0 Å². The van der Waals surface area contributed by atoms with E-state index < -0.39 is 49.4 Å². The van der Waals surface area contributed by atoms with E-state index in [1.807, 2.05) is 0 Å². The van der Waals surface area contributed by atoms with Crippen molar-refractivity contribution in [1.29, 1.82) is 0 Å². The predicted octanol–water partition coefficient (Wildman–Crippen LogP) is 5.26. The molecule has 0 aromatic heterocycles. The minimum Gasteiger partial charge on any atom is -0.397 e. The molecule has 0 saturated heterocycles.